The van der Waals surface area contributed by atoms with Crippen LogP contribution in [0.4, 0.5) is 10.1 Å². The molecule has 0 fully saturated rings. The number of sulfonamides is 1. The van der Waals surface area contributed by atoms with Gasteiger partial charge in [0, 0.05) is 5.56 Å². The first-order chi connectivity index (χ1) is 13.2. The van der Waals surface area contributed by atoms with E-state index in [1.807, 2.05) is 4.72 Å². The van der Waals surface area contributed by atoms with Gasteiger partial charge >= 0.3 is 5.97 Å². The number of rotatable bonds is 8. The minimum Gasteiger partial charge on any atom is -0.455 e. The standard InChI is InChI=1S/C18H17FN2O6S/c1-12(22)13-6-8-14(9-7-13)28(25,26)20-10-18(24)27-11-17(23)21-16-5-3-2-4-15(16)19/h2-9,20H,10-11H2,1H3,(H,21,23). The number of amides is 1. The number of carbonyl (C=O) groups is 3. The van der Waals surface area contributed by atoms with Crippen molar-refractivity contribution >= 4 is 33.4 Å². The molecule has 10 heteroatoms. The molecular weight excluding hydrogens is 391 g/mol. The fourth-order valence-corrected chi connectivity index (χ4v) is 3.02. The van der Waals surface area contributed by atoms with Crippen LogP contribution in [0.5, 0.6) is 0 Å². The van der Waals surface area contributed by atoms with Crippen LogP contribution in [0.15, 0.2) is 53.4 Å². The highest BCUT2D eigenvalue weighted by Gasteiger charge is 2.17. The zero-order valence-corrected chi connectivity index (χ0v) is 15.6. The molecular formula is C18H17FN2O6S. The number of esters is 1. The second-order valence-electron chi connectivity index (χ2n) is 5.59. The van der Waals surface area contributed by atoms with E-state index in [9.17, 15) is 27.2 Å². The first-order valence-corrected chi connectivity index (χ1v) is 9.48. The van der Waals surface area contributed by atoms with Gasteiger partial charge in [0.2, 0.25) is 10.0 Å². The monoisotopic (exact) mass is 408 g/mol. The first kappa shape index (κ1) is 21.2. The Bertz CT molecular complexity index is 989. The first-order valence-electron chi connectivity index (χ1n) is 8.00. The molecule has 0 aliphatic heterocycles. The molecule has 0 saturated carbocycles. The van der Waals surface area contributed by atoms with Gasteiger partial charge in [-0.15, -0.1) is 0 Å². The molecule has 1 amide bonds. The highest BCUT2D eigenvalue weighted by Crippen LogP contribution is 2.12. The van der Waals surface area contributed by atoms with E-state index in [1.54, 1.807) is 0 Å². The van der Waals surface area contributed by atoms with E-state index in [0.717, 1.165) is 6.07 Å². The molecule has 8 nitrogen and oxygen atoms in total. The SMILES string of the molecule is CC(=O)c1ccc(S(=O)(=O)NCC(=O)OCC(=O)Nc2ccccc2F)cc1. The number of anilines is 1. The maximum Gasteiger partial charge on any atom is 0.321 e. The Morgan fingerprint density at radius 3 is 2.29 bits per heavy atom. The van der Waals surface area contributed by atoms with Crippen LogP contribution in [0.1, 0.15) is 17.3 Å². The number of nitrogens with one attached hydrogen (secondary N) is 2. The highest BCUT2D eigenvalue weighted by molar-refractivity contribution is 7.89. The summed E-state index contributed by atoms with van der Waals surface area (Å²) in [5.41, 5.74) is 0.275. The van der Waals surface area contributed by atoms with Crippen molar-refractivity contribution in [1.82, 2.24) is 4.72 Å². The van der Waals surface area contributed by atoms with Crippen molar-refractivity contribution in [1.29, 1.82) is 0 Å². The largest absolute Gasteiger partial charge is 0.455 e. The minimum atomic E-state index is -4.00. The highest BCUT2D eigenvalue weighted by atomic mass is 32.2. The third-order valence-electron chi connectivity index (χ3n) is 3.49. The third-order valence-corrected chi connectivity index (χ3v) is 4.91. The van der Waals surface area contributed by atoms with Gasteiger partial charge in [-0.25, -0.2) is 12.8 Å². The van der Waals surface area contributed by atoms with E-state index in [-0.39, 0.29) is 16.4 Å². The quantitative estimate of drug-likeness (QED) is 0.505. The van der Waals surface area contributed by atoms with Gasteiger partial charge in [0.25, 0.3) is 5.91 Å². The molecule has 0 spiro atoms. The van der Waals surface area contributed by atoms with Crippen LogP contribution in [-0.4, -0.2) is 39.2 Å². The van der Waals surface area contributed by atoms with Gasteiger partial charge in [0.05, 0.1) is 10.6 Å². The van der Waals surface area contributed by atoms with Gasteiger partial charge in [-0.05, 0) is 31.2 Å². The smallest absolute Gasteiger partial charge is 0.321 e. The zero-order valence-electron chi connectivity index (χ0n) is 14.8. The van der Waals surface area contributed by atoms with Crippen LogP contribution in [0.25, 0.3) is 0 Å². The van der Waals surface area contributed by atoms with E-state index in [4.69, 9.17) is 0 Å². The molecule has 0 bridgehead atoms. The molecule has 0 atom stereocenters. The number of para-hydroxylation sites is 1. The summed E-state index contributed by atoms with van der Waals surface area (Å²) in [7, 11) is -4.00. The molecule has 2 aromatic rings. The fourth-order valence-electron chi connectivity index (χ4n) is 2.05. The number of benzene rings is 2. The number of Topliss-reactive ketones (excluding diaryl/α,β-unsaturated/α-hetero) is 1. The summed E-state index contributed by atoms with van der Waals surface area (Å²) < 4.78 is 44.3. The minimum absolute atomic E-state index is 0.0711. The second kappa shape index (κ2) is 9.20. The average molecular weight is 408 g/mol. The Hall–Kier alpha value is -3.11. The normalized spacial score (nSPS) is 10.9. The molecule has 28 heavy (non-hydrogen) atoms. The summed E-state index contributed by atoms with van der Waals surface area (Å²) in [6, 6.07) is 10.6. The van der Waals surface area contributed by atoms with Crippen LogP contribution in [-0.2, 0) is 24.3 Å². The van der Waals surface area contributed by atoms with Gasteiger partial charge < -0.3 is 10.1 Å². The fraction of sp³-hybridized carbons (Fsp3) is 0.167. The Balaban J connectivity index is 1.83. The van der Waals surface area contributed by atoms with Crippen molar-refractivity contribution in [3.8, 4) is 0 Å². The van der Waals surface area contributed by atoms with E-state index in [1.165, 1.54) is 49.4 Å². The number of halogens is 1. The van der Waals surface area contributed by atoms with Gasteiger partial charge in [0.1, 0.15) is 12.4 Å². The lowest BCUT2D eigenvalue weighted by Gasteiger charge is -2.09. The summed E-state index contributed by atoms with van der Waals surface area (Å²) in [5.74, 6) is -2.63. The van der Waals surface area contributed by atoms with Crippen molar-refractivity contribution in [2.45, 2.75) is 11.8 Å². The Morgan fingerprint density at radius 1 is 1.04 bits per heavy atom. The number of hydrogen-bond donors (Lipinski definition) is 2. The van der Waals surface area contributed by atoms with Crippen LogP contribution in [0.3, 0.4) is 0 Å². The molecule has 148 valence electrons. The van der Waals surface area contributed by atoms with Gasteiger partial charge in [-0.3, -0.25) is 14.4 Å². The van der Waals surface area contributed by atoms with Crippen molar-refractivity contribution in [3.63, 3.8) is 0 Å². The van der Waals surface area contributed by atoms with Crippen molar-refractivity contribution < 1.29 is 31.9 Å². The van der Waals surface area contributed by atoms with Crippen LogP contribution < -0.4 is 10.0 Å². The number of hydrogen-bond acceptors (Lipinski definition) is 6. The van der Waals surface area contributed by atoms with Crippen LogP contribution in [0.2, 0.25) is 0 Å². The number of ether oxygens (including phenoxy) is 1. The molecule has 0 aliphatic carbocycles. The molecule has 2 N–H and O–H groups in total. The predicted octanol–water partition coefficient (Wildman–Crippen LogP) is 1.49. The molecule has 2 aromatic carbocycles. The molecule has 0 saturated heterocycles. The van der Waals surface area contributed by atoms with Crippen molar-refractivity contribution in [3.05, 3.63) is 59.9 Å². The Kier molecular flexibility index (Phi) is 6.96. The average Bonchev–Trinajstić information content (AvgIpc) is 2.66. The summed E-state index contributed by atoms with van der Waals surface area (Å²) in [4.78, 5) is 34.4. The van der Waals surface area contributed by atoms with Gasteiger partial charge in [-0.2, -0.15) is 4.72 Å². The molecule has 0 heterocycles. The lowest BCUT2D eigenvalue weighted by atomic mass is 10.2. The summed E-state index contributed by atoms with van der Waals surface area (Å²) in [5, 5.41) is 2.22. The van der Waals surface area contributed by atoms with Crippen molar-refractivity contribution in [2.24, 2.45) is 0 Å². The second-order valence-corrected chi connectivity index (χ2v) is 7.36. The van der Waals surface area contributed by atoms with Crippen molar-refractivity contribution in [2.75, 3.05) is 18.5 Å². The lowest BCUT2D eigenvalue weighted by Crippen LogP contribution is -2.32. The van der Waals surface area contributed by atoms with Gasteiger partial charge in [-0.1, -0.05) is 24.3 Å². The Morgan fingerprint density at radius 2 is 1.68 bits per heavy atom. The van der Waals surface area contributed by atoms with Crippen LogP contribution in [0, 0.1) is 5.82 Å². The third kappa shape index (κ3) is 5.96. The summed E-state index contributed by atoms with van der Waals surface area (Å²) >= 11 is 0. The maximum atomic E-state index is 13.4. The predicted molar refractivity (Wildman–Crippen MR) is 97.6 cm³/mol. The van der Waals surface area contributed by atoms with E-state index < -0.39 is 40.9 Å². The summed E-state index contributed by atoms with van der Waals surface area (Å²) in [6.45, 7) is -0.0634. The maximum absolute atomic E-state index is 13.4. The molecule has 2 rings (SSSR count). The molecule has 0 aliphatic rings. The van der Waals surface area contributed by atoms with E-state index in [0.29, 0.717) is 5.56 Å². The van der Waals surface area contributed by atoms with Gasteiger partial charge in [0.15, 0.2) is 12.4 Å². The lowest BCUT2D eigenvalue weighted by molar-refractivity contribution is -0.146. The zero-order chi connectivity index (χ0) is 20.7. The Labute approximate surface area is 160 Å². The molecule has 0 aromatic heterocycles. The molecule has 0 unspecified atom stereocenters. The number of ketones is 1. The van der Waals surface area contributed by atoms with E-state index in [2.05, 4.69) is 10.1 Å². The molecule has 0 radical (unpaired) electrons. The van der Waals surface area contributed by atoms with Crippen LogP contribution >= 0.6 is 0 Å². The number of carbonyl (C=O) groups excluding carboxylic acids is 3. The summed E-state index contributed by atoms with van der Waals surface area (Å²) in [6.07, 6.45) is 0. The topological polar surface area (TPSA) is 119 Å². The van der Waals surface area contributed by atoms with E-state index >= 15 is 0 Å².